The van der Waals surface area contributed by atoms with Gasteiger partial charge in [0.2, 0.25) is 10.2 Å². The van der Waals surface area contributed by atoms with Crippen LogP contribution in [-0.2, 0) is 9.59 Å². The largest absolute Gasteiger partial charge is 0.312 e. The number of carbonyl (C=O) groups excluding carboxylic acids is 2. The van der Waals surface area contributed by atoms with Crippen LogP contribution in [0.5, 0.6) is 0 Å². The molecule has 0 aromatic rings. The van der Waals surface area contributed by atoms with Gasteiger partial charge in [0.1, 0.15) is 10.7 Å². The third-order valence-electron chi connectivity index (χ3n) is 7.83. The first kappa shape index (κ1) is 43.7. The van der Waals surface area contributed by atoms with Crippen molar-refractivity contribution >= 4 is 57.3 Å². The molecule has 0 amide bonds. The van der Waals surface area contributed by atoms with Crippen LogP contribution in [0.15, 0.2) is 0 Å². The van der Waals surface area contributed by atoms with Gasteiger partial charge in [-0.25, -0.2) is 0 Å². The Kier molecular flexibility index (Phi) is 36.1. The van der Waals surface area contributed by atoms with Crippen molar-refractivity contribution in [2.45, 2.75) is 185 Å². The molecule has 0 aromatic carbocycles. The van der Waals surface area contributed by atoms with E-state index in [9.17, 15) is 9.59 Å². The van der Waals surface area contributed by atoms with Crippen LogP contribution in [0.4, 0.5) is 0 Å². The molecule has 43 heavy (non-hydrogen) atoms. The predicted octanol–water partition coefficient (Wildman–Crippen LogP) is 11.3. The minimum absolute atomic E-state index is 0.0647. The van der Waals surface area contributed by atoms with Crippen molar-refractivity contribution < 1.29 is 9.59 Å². The van der Waals surface area contributed by atoms with Crippen LogP contribution in [0, 0.1) is 0 Å². The highest BCUT2D eigenvalue weighted by Gasteiger charge is 2.16. The summed E-state index contributed by atoms with van der Waals surface area (Å²) >= 11 is 5.80. The molecule has 0 heterocycles. The molecule has 8 heteroatoms. The van der Waals surface area contributed by atoms with Gasteiger partial charge >= 0.3 is 0 Å². The lowest BCUT2D eigenvalue weighted by molar-refractivity contribution is -0.111. The van der Waals surface area contributed by atoms with Crippen LogP contribution in [-0.4, -0.2) is 44.0 Å². The Morgan fingerprint density at radius 3 is 0.930 bits per heavy atom. The van der Waals surface area contributed by atoms with Gasteiger partial charge in [-0.2, -0.15) is 0 Å². The molecule has 4 nitrogen and oxygen atoms in total. The van der Waals surface area contributed by atoms with E-state index in [4.69, 9.17) is 11.5 Å². The molecule has 0 spiro atoms. The standard InChI is InChI=1S/C35H70N2O2S4/c1-3-5-7-9-11-13-15-17-19-21-23-25-28-40-32(36)34(38)42-30-27-31-43-35(39)33(37)41-29-26-24-22-20-18-16-14-12-10-8-6-4-2/h32-33H,3-31,36-37H2,1-2H3. The van der Waals surface area contributed by atoms with E-state index in [2.05, 4.69) is 13.8 Å². The first-order valence-corrected chi connectivity index (χ1v) is 22.2. The molecule has 0 aliphatic rings. The van der Waals surface area contributed by atoms with Crippen molar-refractivity contribution in [3.63, 3.8) is 0 Å². The number of hydrogen-bond acceptors (Lipinski definition) is 8. The smallest absolute Gasteiger partial charge is 0.215 e. The van der Waals surface area contributed by atoms with Crippen LogP contribution >= 0.6 is 47.0 Å². The average Bonchev–Trinajstić information content (AvgIpc) is 3.01. The third kappa shape index (κ3) is 32.4. The average molecular weight is 679 g/mol. The number of rotatable bonds is 34. The molecule has 2 atom stereocenters. The van der Waals surface area contributed by atoms with Gasteiger partial charge in [0, 0.05) is 11.5 Å². The normalized spacial score (nSPS) is 12.9. The summed E-state index contributed by atoms with van der Waals surface area (Å²) in [4.78, 5) is 24.6. The van der Waals surface area contributed by atoms with E-state index in [-0.39, 0.29) is 10.2 Å². The SMILES string of the molecule is CCCCCCCCCCCCCCSC(N)C(=O)SCCCSC(=O)C(N)SCCCCCCCCCCCCCC. The van der Waals surface area contributed by atoms with Crippen molar-refractivity contribution in [1.82, 2.24) is 0 Å². The van der Waals surface area contributed by atoms with E-state index < -0.39 is 10.7 Å². The zero-order chi connectivity index (χ0) is 31.6. The van der Waals surface area contributed by atoms with Crippen LogP contribution in [0.2, 0.25) is 0 Å². The van der Waals surface area contributed by atoms with Crippen LogP contribution in [0.3, 0.4) is 0 Å². The summed E-state index contributed by atoms with van der Waals surface area (Å²) in [5, 5.41) is -0.737. The summed E-state index contributed by atoms with van der Waals surface area (Å²) in [6, 6.07) is 0. The molecule has 0 fully saturated rings. The maximum absolute atomic E-state index is 12.3. The summed E-state index contributed by atoms with van der Waals surface area (Å²) < 4.78 is 0. The van der Waals surface area contributed by atoms with Gasteiger partial charge in [-0.1, -0.05) is 179 Å². The van der Waals surface area contributed by atoms with Gasteiger partial charge in [0.15, 0.2) is 0 Å². The van der Waals surface area contributed by atoms with Crippen LogP contribution in [0.25, 0.3) is 0 Å². The molecular weight excluding hydrogens is 609 g/mol. The minimum atomic E-state index is -0.433. The summed E-state index contributed by atoms with van der Waals surface area (Å²) in [7, 11) is 0. The van der Waals surface area contributed by atoms with Gasteiger partial charge in [0.25, 0.3) is 0 Å². The number of hydrogen-bond donors (Lipinski definition) is 2. The fourth-order valence-corrected chi connectivity index (χ4v) is 8.84. The van der Waals surface area contributed by atoms with Gasteiger partial charge in [-0.05, 0) is 30.8 Å². The molecule has 0 aromatic heterocycles. The van der Waals surface area contributed by atoms with E-state index in [1.165, 1.54) is 165 Å². The predicted molar refractivity (Wildman–Crippen MR) is 203 cm³/mol. The fraction of sp³-hybridized carbons (Fsp3) is 0.943. The number of unbranched alkanes of at least 4 members (excludes halogenated alkanes) is 22. The maximum atomic E-state index is 12.3. The topological polar surface area (TPSA) is 86.2 Å². The second-order valence-corrected chi connectivity index (χ2v) is 16.7. The van der Waals surface area contributed by atoms with E-state index in [0.717, 1.165) is 30.8 Å². The molecule has 0 saturated carbocycles. The molecule has 0 aliphatic heterocycles. The monoisotopic (exact) mass is 678 g/mol. The molecule has 0 radical (unpaired) electrons. The first-order valence-electron chi connectivity index (χ1n) is 18.1. The maximum Gasteiger partial charge on any atom is 0.215 e. The quantitative estimate of drug-likeness (QED) is 0.0514. The lowest BCUT2D eigenvalue weighted by atomic mass is 10.1. The Hall–Kier alpha value is 0.660. The van der Waals surface area contributed by atoms with E-state index in [0.29, 0.717) is 11.5 Å². The van der Waals surface area contributed by atoms with E-state index >= 15 is 0 Å². The van der Waals surface area contributed by atoms with Crippen LogP contribution in [0.1, 0.15) is 174 Å². The van der Waals surface area contributed by atoms with Gasteiger partial charge < -0.3 is 11.5 Å². The van der Waals surface area contributed by atoms with E-state index in [1.807, 2.05) is 0 Å². The van der Waals surface area contributed by atoms with Gasteiger partial charge in [0.05, 0.1) is 0 Å². The zero-order valence-electron chi connectivity index (χ0n) is 28.3. The number of carbonyl (C=O) groups is 2. The minimum Gasteiger partial charge on any atom is -0.312 e. The highest BCUT2D eigenvalue weighted by Crippen LogP contribution is 2.21. The van der Waals surface area contributed by atoms with Gasteiger partial charge in [-0.3, -0.25) is 9.59 Å². The lowest BCUT2D eigenvalue weighted by Gasteiger charge is -2.11. The van der Waals surface area contributed by atoms with Crippen molar-refractivity contribution in [3.05, 3.63) is 0 Å². The molecule has 0 bridgehead atoms. The summed E-state index contributed by atoms with van der Waals surface area (Å²) in [5.41, 5.74) is 12.2. The molecule has 0 rings (SSSR count). The Morgan fingerprint density at radius 1 is 0.395 bits per heavy atom. The van der Waals surface area contributed by atoms with Crippen molar-refractivity contribution in [2.24, 2.45) is 11.5 Å². The van der Waals surface area contributed by atoms with Crippen molar-refractivity contribution in [1.29, 1.82) is 0 Å². The van der Waals surface area contributed by atoms with Crippen molar-refractivity contribution in [3.8, 4) is 0 Å². The summed E-state index contributed by atoms with van der Waals surface area (Å²) in [6.07, 6.45) is 33.0. The molecule has 4 N–H and O–H groups in total. The van der Waals surface area contributed by atoms with Gasteiger partial charge in [-0.15, -0.1) is 23.5 Å². The molecule has 0 aliphatic carbocycles. The summed E-state index contributed by atoms with van der Waals surface area (Å²) in [6.45, 7) is 4.54. The highest BCUT2D eigenvalue weighted by molar-refractivity contribution is 8.16. The highest BCUT2D eigenvalue weighted by atomic mass is 32.2. The second-order valence-electron chi connectivity index (χ2n) is 12.0. The lowest BCUT2D eigenvalue weighted by Crippen LogP contribution is -2.25. The van der Waals surface area contributed by atoms with Crippen molar-refractivity contribution in [2.75, 3.05) is 23.0 Å². The zero-order valence-corrected chi connectivity index (χ0v) is 31.5. The first-order chi connectivity index (χ1) is 21.0. The molecule has 0 saturated heterocycles. The second kappa shape index (κ2) is 35.5. The Labute approximate surface area is 285 Å². The summed E-state index contributed by atoms with van der Waals surface area (Å²) in [5.74, 6) is 3.36. The van der Waals surface area contributed by atoms with E-state index in [1.54, 1.807) is 23.5 Å². The molecule has 256 valence electrons. The van der Waals surface area contributed by atoms with Crippen LogP contribution < -0.4 is 11.5 Å². The fourth-order valence-electron chi connectivity index (χ4n) is 5.01. The molecular formula is C35H70N2O2S4. The third-order valence-corrected chi connectivity index (χ3v) is 12.4. The Bertz CT molecular complexity index is 562. The number of nitrogens with two attached hydrogens (primary N) is 2. The molecule has 2 unspecified atom stereocenters. The Balaban J connectivity index is 3.49. The Morgan fingerprint density at radius 2 is 0.651 bits per heavy atom. The number of thioether (sulfide) groups is 4.